The van der Waals surface area contributed by atoms with Gasteiger partial charge in [0.15, 0.2) is 0 Å². The maximum atomic E-state index is 13.5. The van der Waals surface area contributed by atoms with Crippen LogP contribution in [0, 0.1) is 11.6 Å². The van der Waals surface area contributed by atoms with Gasteiger partial charge in [0, 0.05) is 10.4 Å². The predicted octanol–water partition coefficient (Wildman–Crippen LogP) is 2.72. The van der Waals surface area contributed by atoms with Crippen LogP contribution in [0.2, 0.25) is 0 Å². The maximum Gasteiger partial charge on any atom is 0.308 e. The molecule has 1 heterocycles. The lowest BCUT2D eigenvalue weighted by Crippen LogP contribution is -2.00. The SMILES string of the molecule is O=C(O)Cc1scnc1-c1cc(F)ccc1F. The Bertz CT molecular complexity index is 568. The van der Waals surface area contributed by atoms with Crippen LogP contribution in [0.1, 0.15) is 4.88 Å². The molecule has 3 nitrogen and oxygen atoms in total. The van der Waals surface area contributed by atoms with E-state index in [1.54, 1.807) is 0 Å². The number of carbonyl (C=O) groups is 1. The lowest BCUT2D eigenvalue weighted by atomic mass is 10.1. The maximum absolute atomic E-state index is 13.5. The minimum atomic E-state index is -1.03. The molecule has 0 saturated heterocycles. The molecule has 1 N–H and O–H groups in total. The van der Waals surface area contributed by atoms with Gasteiger partial charge in [-0.05, 0) is 18.2 Å². The molecule has 0 unspecified atom stereocenters. The Kier molecular flexibility index (Phi) is 3.14. The van der Waals surface area contributed by atoms with E-state index in [2.05, 4.69) is 4.98 Å². The number of aliphatic carboxylic acids is 1. The number of nitrogens with zero attached hydrogens (tertiary/aromatic N) is 1. The number of rotatable bonds is 3. The molecule has 0 aliphatic rings. The van der Waals surface area contributed by atoms with Gasteiger partial charge in [0.2, 0.25) is 0 Å². The van der Waals surface area contributed by atoms with Crippen molar-refractivity contribution in [1.29, 1.82) is 0 Å². The number of halogens is 2. The summed E-state index contributed by atoms with van der Waals surface area (Å²) in [5.74, 6) is -2.24. The Hall–Kier alpha value is -1.82. The summed E-state index contributed by atoms with van der Waals surface area (Å²) in [4.78, 5) is 14.9. The minimum absolute atomic E-state index is 0.0116. The van der Waals surface area contributed by atoms with Gasteiger partial charge in [-0.2, -0.15) is 0 Å². The van der Waals surface area contributed by atoms with E-state index < -0.39 is 17.6 Å². The van der Waals surface area contributed by atoms with Crippen molar-refractivity contribution in [1.82, 2.24) is 4.98 Å². The number of benzene rings is 1. The Labute approximate surface area is 99.4 Å². The Morgan fingerprint density at radius 1 is 1.41 bits per heavy atom. The fraction of sp³-hybridized carbons (Fsp3) is 0.0909. The van der Waals surface area contributed by atoms with E-state index in [4.69, 9.17) is 5.11 Å². The van der Waals surface area contributed by atoms with Crippen LogP contribution in [0.3, 0.4) is 0 Å². The highest BCUT2D eigenvalue weighted by molar-refractivity contribution is 7.10. The van der Waals surface area contributed by atoms with Crippen LogP contribution in [0.15, 0.2) is 23.7 Å². The van der Waals surface area contributed by atoms with Crippen LogP contribution in [0.4, 0.5) is 8.78 Å². The van der Waals surface area contributed by atoms with Gasteiger partial charge in [-0.3, -0.25) is 4.79 Å². The van der Waals surface area contributed by atoms with E-state index in [1.807, 2.05) is 0 Å². The van der Waals surface area contributed by atoms with Crippen LogP contribution in [-0.4, -0.2) is 16.1 Å². The summed E-state index contributed by atoms with van der Waals surface area (Å²) in [6, 6.07) is 3.01. The third-order valence-electron chi connectivity index (χ3n) is 2.14. The molecule has 0 spiro atoms. The second-order valence-corrected chi connectivity index (χ2v) is 4.26. The standard InChI is InChI=1S/C11H7F2NO2S/c12-6-1-2-8(13)7(3-6)11-9(4-10(15)16)17-5-14-11/h1-3,5H,4H2,(H,15,16). The lowest BCUT2D eigenvalue weighted by Gasteiger charge is -2.02. The molecule has 2 rings (SSSR count). The average molecular weight is 255 g/mol. The zero-order chi connectivity index (χ0) is 12.4. The van der Waals surface area contributed by atoms with Crippen molar-refractivity contribution in [2.75, 3.05) is 0 Å². The summed E-state index contributed by atoms with van der Waals surface area (Å²) >= 11 is 1.11. The largest absolute Gasteiger partial charge is 0.481 e. The summed E-state index contributed by atoms with van der Waals surface area (Å²) in [5.41, 5.74) is 1.59. The van der Waals surface area contributed by atoms with Crippen LogP contribution in [0.5, 0.6) is 0 Å². The van der Waals surface area contributed by atoms with E-state index in [1.165, 1.54) is 5.51 Å². The normalized spacial score (nSPS) is 10.5. The fourth-order valence-corrected chi connectivity index (χ4v) is 2.20. The number of thiazole rings is 1. The van der Waals surface area contributed by atoms with Crippen molar-refractivity contribution in [2.24, 2.45) is 0 Å². The molecule has 0 atom stereocenters. The molecular formula is C11H7F2NO2S. The smallest absolute Gasteiger partial charge is 0.308 e. The predicted molar refractivity (Wildman–Crippen MR) is 58.8 cm³/mol. The van der Waals surface area contributed by atoms with Crippen LogP contribution in [0.25, 0.3) is 11.3 Å². The molecule has 0 aliphatic carbocycles. The third-order valence-corrected chi connectivity index (χ3v) is 2.97. The van der Waals surface area contributed by atoms with Crippen molar-refractivity contribution >= 4 is 17.3 Å². The second-order valence-electron chi connectivity index (χ2n) is 3.32. The molecule has 6 heteroatoms. The van der Waals surface area contributed by atoms with Gasteiger partial charge in [0.1, 0.15) is 11.6 Å². The molecule has 0 radical (unpaired) electrons. The molecule has 0 fully saturated rings. The van der Waals surface area contributed by atoms with Crippen molar-refractivity contribution in [3.8, 4) is 11.3 Å². The van der Waals surface area contributed by atoms with Gasteiger partial charge < -0.3 is 5.11 Å². The molecule has 0 aliphatic heterocycles. The van der Waals surface area contributed by atoms with E-state index in [0.29, 0.717) is 4.88 Å². The minimum Gasteiger partial charge on any atom is -0.481 e. The van der Waals surface area contributed by atoms with Gasteiger partial charge in [-0.15, -0.1) is 11.3 Å². The first-order valence-corrected chi connectivity index (χ1v) is 5.55. The van der Waals surface area contributed by atoms with Crippen molar-refractivity contribution in [3.63, 3.8) is 0 Å². The van der Waals surface area contributed by atoms with Gasteiger partial charge in [0.05, 0.1) is 17.6 Å². The van der Waals surface area contributed by atoms with E-state index in [0.717, 1.165) is 29.5 Å². The monoisotopic (exact) mass is 255 g/mol. The second kappa shape index (κ2) is 4.58. The quantitative estimate of drug-likeness (QED) is 0.917. The number of hydrogen-bond donors (Lipinski definition) is 1. The number of carboxylic acids is 1. The summed E-state index contributed by atoms with van der Waals surface area (Å²) in [5, 5.41) is 8.69. The third kappa shape index (κ3) is 2.47. The molecule has 0 bridgehead atoms. The molecule has 88 valence electrons. The summed E-state index contributed by atoms with van der Waals surface area (Å²) < 4.78 is 26.5. The van der Waals surface area contributed by atoms with Gasteiger partial charge in [-0.1, -0.05) is 0 Å². The highest BCUT2D eigenvalue weighted by atomic mass is 32.1. The Balaban J connectivity index is 2.49. The van der Waals surface area contributed by atoms with E-state index in [9.17, 15) is 13.6 Å². The fourth-order valence-electron chi connectivity index (χ4n) is 1.43. The molecule has 2 aromatic rings. The average Bonchev–Trinajstić information content (AvgIpc) is 2.69. The van der Waals surface area contributed by atoms with Gasteiger partial charge in [-0.25, -0.2) is 13.8 Å². The molecule has 0 amide bonds. The van der Waals surface area contributed by atoms with Crippen molar-refractivity contribution in [3.05, 3.63) is 40.2 Å². The molecule has 0 saturated carbocycles. The molecule has 1 aromatic heterocycles. The molecular weight excluding hydrogens is 248 g/mol. The topological polar surface area (TPSA) is 50.2 Å². The lowest BCUT2D eigenvalue weighted by molar-refractivity contribution is -0.136. The van der Waals surface area contributed by atoms with E-state index in [-0.39, 0.29) is 17.7 Å². The summed E-state index contributed by atoms with van der Waals surface area (Å²) in [7, 11) is 0. The first-order chi connectivity index (χ1) is 8.08. The number of hydrogen-bond acceptors (Lipinski definition) is 3. The summed E-state index contributed by atoms with van der Waals surface area (Å²) in [6.07, 6.45) is -0.254. The van der Waals surface area contributed by atoms with Crippen molar-refractivity contribution < 1.29 is 18.7 Å². The highest BCUT2D eigenvalue weighted by Gasteiger charge is 2.15. The van der Waals surface area contributed by atoms with Crippen molar-refractivity contribution in [2.45, 2.75) is 6.42 Å². The zero-order valence-corrected chi connectivity index (χ0v) is 9.30. The Morgan fingerprint density at radius 2 is 2.18 bits per heavy atom. The summed E-state index contributed by atoms with van der Waals surface area (Å²) in [6.45, 7) is 0. The Morgan fingerprint density at radius 3 is 2.88 bits per heavy atom. The first kappa shape index (κ1) is 11.7. The van der Waals surface area contributed by atoms with Crippen LogP contribution in [-0.2, 0) is 11.2 Å². The van der Waals surface area contributed by atoms with Gasteiger partial charge in [0.25, 0.3) is 0 Å². The molecule has 17 heavy (non-hydrogen) atoms. The number of carboxylic acid groups (broad SMARTS) is 1. The first-order valence-electron chi connectivity index (χ1n) is 4.67. The van der Waals surface area contributed by atoms with Gasteiger partial charge >= 0.3 is 5.97 Å². The zero-order valence-electron chi connectivity index (χ0n) is 8.48. The van der Waals surface area contributed by atoms with Crippen LogP contribution < -0.4 is 0 Å². The highest BCUT2D eigenvalue weighted by Crippen LogP contribution is 2.28. The van der Waals surface area contributed by atoms with Crippen LogP contribution >= 0.6 is 11.3 Å². The number of aromatic nitrogens is 1. The van der Waals surface area contributed by atoms with E-state index >= 15 is 0 Å². The molecule has 1 aromatic carbocycles.